The fraction of sp³-hybridized carbons (Fsp3) is 0.378. The number of rotatable bonds is 17. The average molecular weight is 585 g/mol. The van der Waals surface area contributed by atoms with E-state index in [9.17, 15) is 4.79 Å². The molecule has 0 radical (unpaired) electrons. The van der Waals surface area contributed by atoms with Crippen molar-refractivity contribution in [2.75, 3.05) is 0 Å². The van der Waals surface area contributed by atoms with Crippen LogP contribution in [0, 0.1) is 0 Å². The maximum Gasteiger partial charge on any atom is 0.306 e. The Kier molecular flexibility index (Phi) is 13.0. The summed E-state index contributed by atoms with van der Waals surface area (Å²) in [5, 5.41) is 2.21. The molecule has 3 atom stereocenters. The van der Waals surface area contributed by atoms with Gasteiger partial charge in [0.2, 0.25) is 0 Å². The zero-order valence-electron chi connectivity index (χ0n) is 25.8. The van der Waals surface area contributed by atoms with Crippen LogP contribution in [0.25, 0.3) is 0 Å². The lowest BCUT2D eigenvalue weighted by Crippen LogP contribution is -2.68. The average Bonchev–Trinajstić information content (AvgIpc) is 2.99. The Morgan fingerprint density at radius 2 is 1.36 bits per heavy atom. The molecule has 224 valence electrons. The molecule has 42 heavy (non-hydrogen) atoms. The van der Waals surface area contributed by atoms with Gasteiger partial charge in [-0.25, -0.2) is 0 Å². The molecule has 0 N–H and O–H groups in total. The first-order valence-electron chi connectivity index (χ1n) is 15.1. The topological polar surface area (TPSA) is 44.8 Å². The minimum Gasteiger partial charge on any atom is -0.463 e. The number of allylic oxidation sites excluding steroid dienone is 1. The molecule has 0 unspecified atom stereocenters. The van der Waals surface area contributed by atoms with E-state index < -0.39 is 8.32 Å². The molecule has 0 aromatic heterocycles. The number of hydrogen-bond acceptors (Lipinski definition) is 4. The third-order valence-corrected chi connectivity index (χ3v) is 12.7. The molecule has 0 bridgehead atoms. The van der Waals surface area contributed by atoms with Gasteiger partial charge in [-0.1, -0.05) is 124 Å². The number of carbonyl (C=O) groups excluding carboxylic acids is 1. The summed E-state index contributed by atoms with van der Waals surface area (Å²) in [4.78, 5) is 12.9. The van der Waals surface area contributed by atoms with Gasteiger partial charge in [-0.2, -0.15) is 0 Å². The van der Waals surface area contributed by atoms with E-state index in [2.05, 4.69) is 94.6 Å². The van der Waals surface area contributed by atoms with Crippen LogP contribution >= 0.6 is 0 Å². The van der Waals surface area contributed by atoms with Gasteiger partial charge in [-0.15, -0.1) is 13.2 Å². The summed E-state index contributed by atoms with van der Waals surface area (Å²) >= 11 is 0. The lowest BCUT2D eigenvalue weighted by Gasteiger charge is -2.46. The highest BCUT2D eigenvalue weighted by Gasteiger charge is 2.52. The zero-order chi connectivity index (χ0) is 30.4. The molecule has 3 aromatic rings. The monoisotopic (exact) mass is 584 g/mol. The van der Waals surface area contributed by atoms with Gasteiger partial charge in [0.05, 0.1) is 24.9 Å². The van der Waals surface area contributed by atoms with Gasteiger partial charge in [0.1, 0.15) is 0 Å². The number of esters is 1. The van der Waals surface area contributed by atoms with Crippen LogP contribution in [-0.2, 0) is 25.3 Å². The fourth-order valence-electron chi connectivity index (χ4n) is 5.47. The van der Waals surface area contributed by atoms with Crippen molar-refractivity contribution in [1.82, 2.24) is 0 Å². The SMILES string of the molecule is C=CCC[C@H](C)OC(=O)CC[C@H](OCc1ccccc1)[C@@H](CC=C)O[Si](c1ccccc1)(c1ccccc1)C(C)(C)C. The molecule has 4 nitrogen and oxygen atoms in total. The zero-order valence-corrected chi connectivity index (χ0v) is 26.8. The van der Waals surface area contributed by atoms with Crippen molar-refractivity contribution in [3.63, 3.8) is 0 Å². The van der Waals surface area contributed by atoms with E-state index in [4.69, 9.17) is 13.9 Å². The van der Waals surface area contributed by atoms with E-state index in [-0.39, 0.29) is 35.7 Å². The third kappa shape index (κ3) is 9.12. The van der Waals surface area contributed by atoms with Gasteiger partial charge < -0.3 is 13.9 Å². The van der Waals surface area contributed by atoms with Crippen molar-refractivity contribution in [3.05, 3.63) is 122 Å². The predicted molar refractivity (Wildman–Crippen MR) is 177 cm³/mol. The van der Waals surface area contributed by atoms with Crippen LogP contribution < -0.4 is 10.4 Å². The third-order valence-electron chi connectivity index (χ3n) is 7.61. The normalized spacial score (nSPS) is 14.0. The van der Waals surface area contributed by atoms with Crippen LogP contribution in [-0.4, -0.2) is 32.6 Å². The van der Waals surface area contributed by atoms with Gasteiger partial charge in [-0.3, -0.25) is 4.79 Å². The van der Waals surface area contributed by atoms with Crippen LogP contribution in [0.5, 0.6) is 0 Å². The Balaban J connectivity index is 1.99. The van der Waals surface area contributed by atoms with E-state index in [0.717, 1.165) is 18.4 Å². The minimum absolute atomic E-state index is 0.156. The van der Waals surface area contributed by atoms with Crippen LogP contribution in [0.4, 0.5) is 0 Å². The molecule has 0 saturated carbocycles. The first kappa shape index (κ1) is 33.3. The van der Waals surface area contributed by atoms with Crippen LogP contribution in [0.1, 0.15) is 65.4 Å². The smallest absolute Gasteiger partial charge is 0.306 e. The van der Waals surface area contributed by atoms with Crippen molar-refractivity contribution in [3.8, 4) is 0 Å². The lowest BCUT2D eigenvalue weighted by atomic mass is 10.1. The second-order valence-corrected chi connectivity index (χ2v) is 16.1. The molecule has 0 aliphatic heterocycles. The van der Waals surface area contributed by atoms with E-state index in [1.54, 1.807) is 0 Å². The standard InChI is InChI=1S/C37H48O4Si/c1-7-9-20-30(3)40-36(38)28-27-34(39-29-31-21-13-10-14-22-31)35(19-8-2)41-42(37(4,5)6,32-23-15-11-16-24-32)33-25-17-12-18-26-33/h7-8,10-18,21-26,30,34-35H,1-2,9,19-20,27-29H2,3-6H3/t30-,34-,35+/m0/s1. The minimum atomic E-state index is -2.87. The summed E-state index contributed by atoms with van der Waals surface area (Å²) in [6.45, 7) is 17.0. The van der Waals surface area contributed by atoms with Crippen molar-refractivity contribution in [2.45, 2.75) is 89.8 Å². The molecule has 0 aliphatic carbocycles. The maximum atomic E-state index is 12.9. The second kappa shape index (κ2) is 16.4. The number of ether oxygens (including phenoxy) is 2. The molecule has 3 rings (SSSR count). The summed E-state index contributed by atoms with van der Waals surface area (Å²) < 4.78 is 19.8. The molecule has 0 amide bonds. The van der Waals surface area contributed by atoms with Crippen molar-refractivity contribution >= 4 is 24.7 Å². The number of carbonyl (C=O) groups is 1. The molecule has 0 spiro atoms. The molecule has 0 heterocycles. The van der Waals surface area contributed by atoms with E-state index in [1.165, 1.54) is 10.4 Å². The largest absolute Gasteiger partial charge is 0.463 e. The molecule has 0 saturated heterocycles. The van der Waals surface area contributed by atoms with Gasteiger partial charge in [0.15, 0.2) is 0 Å². The van der Waals surface area contributed by atoms with Crippen LogP contribution in [0.2, 0.25) is 5.04 Å². The highest BCUT2D eigenvalue weighted by molar-refractivity contribution is 6.99. The number of hydrogen-bond donors (Lipinski definition) is 0. The summed E-state index contributed by atoms with van der Waals surface area (Å²) in [6.07, 6.45) is 5.82. The molecular weight excluding hydrogens is 536 g/mol. The van der Waals surface area contributed by atoms with Crippen molar-refractivity contribution in [1.29, 1.82) is 0 Å². The Labute approximate surface area is 254 Å². The van der Waals surface area contributed by atoms with Crippen molar-refractivity contribution in [2.24, 2.45) is 0 Å². The summed E-state index contributed by atoms with van der Waals surface area (Å²) in [5.74, 6) is -0.220. The summed E-state index contributed by atoms with van der Waals surface area (Å²) in [7, 11) is -2.87. The first-order chi connectivity index (χ1) is 20.2. The Morgan fingerprint density at radius 1 is 0.810 bits per heavy atom. The Hall–Kier alpha value is -3.25. The van der Waals surface area contributed by atoms with Crippen LogP contribution in [0.3, 0.4) is 0 Å². The number of benzene rings is 3. The van der Waals surface area contributed by atoms with Gasteiger partial charge >= 0.3 is 5.97 Å². The first-order valence-corrected chi connectivity index (χ1v) is 17.0. The molecular formula is C37H48O4Si. The molecule has 5 heteroatoms. The van der Waals surface area contributed by atoms with Gasteiger partial charge in [0, 0.05) is 6.42 Å². The second-order valence-electron chi connectivity index (χ2n) is 11.9. The summed E-state index contributed by atoms with van der Waals surface area (Å²) in [6, 6.07) is 31.3. The highest BCUT2D eigenvalue weighted by atomic mass is 28.4. The van der Waals surface area contributed by atoms with Crippen LogP contribution in [0.15, 0.2) is 116 Å². The lowest BCUT2D eigenvalue weighted by molar-refractivity contribution is -0.150. The molecule has 0 fully saturated rings. The van der Waals surface area contributed by atoms with Gasteiger partial charge in [0.25, 0.3) is 8.32 Å². The van der Waals surface area contributed by atoms with E-state index in [1.807, 2.05) is 49.4 Å². The Bertz CT molecular complexity index is 1180. The summed E-state index contributed by atoms with van der Waals surface area (Å²) in [5.41, 5.74) is 1.07. The quantitative estimate of drug-likeness (QED) is 0.0924. The van der Waals surface area contributed by atoms with E-state index >= 15 is 0 Å². The fourth-order valence-corrected chi connectivity index (χ4v) is 10.2. The molecule has 3 aromatic carbocycles. The predicted octanol–water partition coefficient (Wildman–Crippen LogP) is 7.77. The maximum absolute atomic E-state index is 12.9. The highest BCUT2D eigenvalue weighted by Crippen LogP contribution is 2.39. The van der Waals surface area contributed by atoms with E-state index in [0.29, 0.717) is 19.4 Å². The van der Waals surface area contributed by atoms with Crippen molar-refractivity contribution < 1.29 is 18.7 Å². The van der Waals surface area contributed by atoms with Gasteiger partial charge in [-0.05, 0) is 53.6 Å². The Morgan fingerprint density at radius 3 is 1.86 bits per heavy atom. The molecule has 0 aliphatic rings.